The molecule has 4 nitrogen and oxygen atoms in total. The van der Waals surface area contributed by atoms with E-state index in [1.807, 2.05) is 6.07 Å². The molecule has 0 unspecified atom stereocenters. The lowest BCUT2D eigenvalue weighted by Crippen LogP contribution is -2.44. The number of halogens is 1. The van der Waals surface area contributed by atoms with E-state index in [-0.39, 0.29) is 0 Å². The predicted molar refractivity (Wildman–Crippen MR) is 73.5 cm³/mol. The summed E-state index contributed by atoms with van der Waals surface area (Å²) in [5.41, 5.74) is 2.22. The fourth-order valence-corrected chi connectivity index (χ4v) is 2.76. The van der Waals surface area contributed by atoms with Gasteiger partial charge in [-0.15, -0.1) is 0 Å². The number of aromatic nitrogens is 2. The van der Waals surface area contributed by atoms with Gasteiger partial charge in [-0.25, -0.2) is 4.98 Å². The van der Waals surface area contributed by atoms with Crippen LogP contribution in [0.25, 0.3) is 11.0 Å². The first-order chi connectivity index (χ1) is 8.27. The maximum Gasteiger partial charge on any atom is 0.206 e. The highest BCUT2D eigenvalue weighted by molar-refractivity contribution is 9.10. The number of nitrogens with one attached hydrogen (secondary N) is 1. The van der Waals surface area contributed by atoms with Gasteiger partial charge in [0.1, 0.15) is 5.52 Å². The second kappa shape index (κ2) is 4.31. The van der Waals surface area contributed by atoms with Crippen LogP contribution in [0.3, 0.4) is 0 Å². The smallest absolute Gasteiger partial charge is 0.206 e. The zero-order valence-corrected chi connectivity index (χ0v) is 11.4. The first kappa shape index (κ1) is 11.0. The first-order valence-corrected chi connectivity index (χ1v) is 6.63. The summed E-state index contributed by atoms with van der Waals surface area (Å²) < 4.78 is 3.23. The molecule has 1 aliphatic rings. The normalized spacial score (nSPS) is 16.7. The second-order valence-corrected chi connectivity index (χ2v) is 5.17. The fourth-order valence-electron chi connectivity index (χ4n) is 2.32. The van der Waals surface area contributed by atoms with Crippen molar-refractivity contribution in [3.63, 3.8) is 0 Å². The maximum atomic E-state index is 4.75. The second-order valence-electron chi connectivity index (χ2n) is 4.32. The van der Waals surface area contributed by atoms with Crippen LogP contribution in [0.1, 0.15) is 0 Å². The molecule has 0 amide bonds. The Morgan fingerprint density at radius 1 is 1.29 bits per heavy atom. The monoisotopic (exact) mass is 294 g/mol. The average molecular weight is 295 g/mol. The Bertz CT molecular complexity index is 543. The number of aryl methyl sites for hydroxylation is 1. The Labute approximate surface area is 109 Å². The van der Waals surface area contributed by atoms with Crippen LogP contribution in [-0.4, -0.2) is 35.7 Å². The number of anilines is 1. The highest BCUT2D eigenvalue weighted by atomic mass is 79.9. The molecular formula is C12H15BrN4. The highest BCUT2D eigenvalue weighted by Gasteiger charge is 2.17. The number of piperazine rings is 1. The minimum absolute atomic E-state index is 1.02. The minimum Gasteiger partial charge on any atom is -0.340 e. The van der Waals surface area contributed by atoms with Gasteiger partial charge in [-0.05, 0) is 28.1 Å². The van der Waals surface area contributed by atoms with Gasteiger partial charge in [0.15, 0.2) is 0 Å². The topological polar surface area (TPSA) is 33.1 Å². The van der Waals surface area contributed by atoms with Crippen LogP contribution < -0.4 is 10.2 Å². The molecule has 0 atom stereocenters. The van der Waals surface area contributed by atoms with Crippen molar-refractivity contribution in [2.45, 2.75) is 0 Å². The van der Waals surface area contributed by atoms with E-state index in [9.17, 15) is 0 Å². The number of rotatable bonds is 1. The third-order valence-electron chi connectivity index (χ3n) is 3.24. The van der Waals surface area contributed by atoms with E-state index in [0.29, 0.717) is 0 Å². The van der Waals surface area contributed by atoms with E-state index in [1.54, 1.807) is 0 Å². The van der Waals surface area contributed by atoms with E-state index >= 15 is 0 Å². The summed E-state index contributed by atoms with van der Waals surface area (Å²) in [5, 5.41) is 3.36. The predicted octanol–water partition coefficient (Wildman–Crippen LogP) is 1.75. The molecule has 2 aromatic rings. The Hall–Kier alpha value is -1.07. The SMILES string of the molecule is Cn1c(N2CCNCC2)nc2c(Br)cccc21. The van der Waals surface area contributed by atoms with Gasteiger partial charge in [0.2, 0.25) is 5.95 Å². The molecule has 0 spiro atoms. The molecule has 1 N–H and O–H groups in total. The molecule has 17 heavy (non-hydrogen) atoms. The number of imidazole rings is 1. The number of benzene rings is 1. The van der Waals surface area contributed by atoms with Crippen LogP contribution >= 0.6 is 15.9 Å². The highest BCUT2D eigenvalue weighted by Crippen LogP contribution is 2.27. The lowest BCUT2D eigenvalue weighted by atomic mass is 10.3. The van der Waals surface area contributed by atoms with Crippen LogP contribution in [0.5, 0.6) is 0 Å². The fraction of sp³-hybridized carbons (Fsp3) is 0.417. The summed E-state index contributed by atoms with van der Waals surface area (Å²) >= 11 is 3.56. The number of hydrogen-bond donors (Lipinski definition) is 1. The zero-order chi connectivity index (χ0) is 11.8. The number of nitrogens with zero attached hydrogens (tertiary/aromatic N) is 3. The molecule has 3 rings (SSSR count). The number of hydrogen-bond acceptors (Lipinski definition) is 3. The van der Waals surface area contributed by atoms with Crippen LogP contribution in [-0.2, 0) is 7.05 Å². The summed E-state index contributed by atoms with van der Waals surface area (Å²) in [5.74, 6) is 1.06. The Morgan fingerprint density at radius 2 is 2.06 bits per heavy atom. The molecule has 1 aromatic carbocycles. The van der Waals surface area contributed by atoms with Crippen LogP contribution in [0, 0.1) is 0 Å². The number of fused-ring (bicyclic) bond motifs is 1. The van der Waals surface area contributed by atoms with Crippen molar-refractivity contribution in [2.75, 3.05) is 31.1 Å². The molecule has 2 heterocycles. The lowest BCUT2D eigenvalue weighted by molar-refractivity contribution is 0.575. The quantitative estimate of drug-likeness (QED) is 0.870. The van der Waals surface area contributed by atoms with Gasteiger partial charge in [-0.1, -0.05) is 6.07 Å². The summed E-state index contributed by atoms with van der Waals surface area (Å²) in [4.78, 5) is 7.09. The van der Waals surface area contributed by atoms with Gasteiger partial charge in [0.05, 0.1) is 5.52 Å². The van der Waals surface area contributed by atoms with Gasteiger partial charge in [-0.2, -0.15) is 0 Å². The molecule has 5 heteroatoms. The molecule has 1 aromatic heterocycles. The first-order valence-electron chi connectivity index (χ1n) is 5.84. The van der Waals surface area contributed by atoms with Crippen LogP contribution in [0.4, 0.5) is 5.95 Å². The Kier molecular flexibility index (Phi) is 2.80. The van der Waals surface area contributed by atoms with Crippen molar-refractivity contribution in [1.82, 2.24) is 14.9 Å². The maximum absolute atomic E-state index is 4.75. The van der Waals surface area contributed by atoms with Crippen LogP contribution in [0.2, 0.25) is 0 Å². The molecule has 1 aliphatic heterocycles. The standard InChI is InChI=1S/C12H15BrN4/c1-16-10-4-2-3-9(13)11(10)15-12(16)17-7-5-14-6-8-17/h2-4,14H,5-8H2,1H3. The third kappa shape index (κ3) is 1.83. The van der Waals surface area contributed by atoms with Crippen LogP contribution in [0.15, 0.2) is 22.7 Å². The van der Waals surface area contributed by atoms with E-state index in [1.165, 1.54) is 5.52 Å². The lowest BCUT2D eigenvalue weighted by Gasteiger charge is -2.28. The summed E-state index contributed by atoms with van der Waals surface area (Å²) in [6.45, 7) is 4.11. The summed E-state index contributed by atoms with van der Waals surface area (Å²) in [7, 11) is 2.08. The molecule has 0 aliphatic carbocycles. The van der Waals surface area contributed by atoms with Crippen molar-refractivity contribution in [2.24, 2.45) is 7.05 Å². The van der Waals surface area contributed by atoms with E-state index in [4.69, 9.17) is 4.98 Å². The number of para-hydroxylation sites is 1. The molecule has 0 bridgehead atoms. The minimum atomic E-state index is 1.02. The van der Waals surface area contributed by atoms with Gasteiger partial charge >= 0.3 is 0 Å². The van der Waals surface area contributed by atoms with Gasteiger partial charge in [0.25, 0.3) is 0 Å². The van der Waals surface area contributed by atoms with Crippen molar-refractivity contribution < 1.29 is 0 Å². The largest absolute Gasteiger partial charge is 0.340 e. The summed E-state index contributed by atoms with van der Waals surface area (Å²) in [6.07, 6.45) is 0. The van der Waals surface area contributed by atoms with E-state index < -0.39 is 0 Å². The van der Waals surface area contributed by atoms with Gasteiger partial charge < -0.3 is 14.8 Å². The van der Waals surface area contributed by atoms with Crippen molar-refractivity contribution in [3.05, 3.63) is 22.7 Å². The van der Waals surface area contributed by atoms with Crippen molar-refractivity contribution in [1.29, 1.82) is 0 Å². The molecular weight excluding hydrogens is 280 g/mol. The molecule has 1 saturated heterocycles. The Balaban J connectivity index is 2.10. The van der Waals surface area contributed by atoms with Gasteiger partial charge in [0, 0.05) is 37.7 Å². The molecule has 90 valence electrons. The third-order valence-corrected chi connectivity index (χ3v) is 3.88. The summed E-state index contributed by atoms with van der Waals surface area (Å²) in [6, 6.07) is 6.20. The molecule has 0 radical (unpaired) electrons. The molecule has 0 saturated carbocycles. The van der Waals surface area contributed by atoms with Crippen molar-refractivity contribution in [3.8, 4) is 0 Å². The van der Waals surface area contributed by atoms with E-state index in [2.05, 4.69) is 49.9 Å². The van der Waals surface area contributed by atoms with Gasteiger partial charge in [-0.3, -0.25) is 0 Å². The Morgan fingerprint density at radius 3 is 2.76 bits per heavy atom. The average Bonchev–Trinajstić information content (AvgIpc) is 2.70. The molecule has 1 fully saturated rings. The van der Waals surface area contributed by atoms with E-state index in [0.717, 1.165) is 42.1 Å². The van der Waals surface area contributed by atoms with Crippen molar-refractivity contribution >= 4 is 32.9 Å². The zero-order valence-electron chi connectivity index (χ0n) is 9.78.